The standard InChI is InChI=1S/C13H17ClFNO/c14-9-5-6-10(11(15)7-9)12(16)13(17)8-3-1-2-4-8/h5-8,12-13,17H,1-4,16H2/t12-,13+/m1/s1. The van der Waals surface area contributed by atoms with Crippen LogP contribution in [0.4, 0.5) is 4.39 Å². The van der Waals surface area contributed by atoms with Gasteiger partial charge in [0.25, 0.3) is 0 Å². The van der Waals surface area contributed by atoms with Crippen molar-refractivity contribution < 1.29 is 9.50 Å². The molecule has 0 radical (unpaired) electrons. The summed E-state index contributed by atoms with van der Waals surface area (Å²) >= 11 is 5.69. The maximum absolute atomic E-state index is 13.7. The van der Waals surface area contributed by atoms with Gasteiger partial charge in [-0.15, -0.1) is 0 Å². The van der Waals surface area contributed by atoms with Gasteiger partial charge in [-0.1, -0.05) is 30.5 Å². The second-order valence-electron chi connectivity index (χ2n) is 4.73. The molecule has 0 heterocycles. The van der Waals surface area contributed by atoms with Crippen LogP contribution in [-0.2, 0) is 0 Å². The molecule has 4 heteroatoms. The number of rotatable bonds is 3. The summed E-state index contributed by atoms with van der Waals surface area (Å²) < 4.78 is 13.7. The third-order valence-corrected chi connectivity index (χ3v) is 3.81. The highest BCUT2D eigenvalue weighted by atomic mass is 35.5. The first-order valence-corrected chi connectivity index (χ1v) is 6.36. The summed E-state index contributed by atoms with van der Waals surface area (Å²) in [4.78, 5) is 0. The van der Waals surface area contributed by atoms with Gasteiger partial charge >= 0.3 is 0 Å². The second-order valence-corrected chi connectivity index (χ2v) is 5.16. The number of nitrogens with two attached hydrogens (primary N) is 1. The molecule has 0 spiro atoms. The molecule has 0 amide bonds. The number of benzene rings is 1. The predicted octanol–water partition coefficient (Wildman–Crippen LogP) is 3.03. The Hall–Kier alpha value is -0.640. The Labute approximate surface area is 106 Å². The molecule has 0 aromatic heterocycles. The van der Waals surface area contributed by atoms with Crippen LogP contribution in [0.5, 0.6) is 0 Å². The zero-order valence-corrected chi connectivity index (χ0v) is 10.3. The zero-order chi connectivity index (χ0) is 12.4. The van der Waals surface area contributed by atoms with Crippen LogP contribution in [0, 0.1) is 11.7 Å². The molecule has 1 saturated carbocycles. The lowest BCUT2D eigenvalue weighted by molar-refractivity contribution is 0.0833. The molecule has 2 nitrogen and oxygen atoms in total. The highest BCUT2D eigenvalue weighted by molar-refractivity contribution is 6.30. The zero-order valence-electron chi connectivity index (χ0n) is 9.57. The Balaban J connectivity index is 2.15. The van der Waals surface area contributed by atoms with Crippen molar-refractivity contribution in [2.75, 3.05) is 0 Å². The Morgan fingerprint density at radius 2 is 2.00 bits per heavy atom. The highest BCUT2D eigenvalue weighted by Crippen LogP contribution is 2.33. The summed E-state index contributed by atoms with van der Waals surface area (Å²) in [6.45, 7) is 0. The fraction of sp³-hybridized carbons (Fsp3) is 0.538. The van der Waals surface area contributed by atoms with Crippen LogP contribution in [0.2, 0.25) is 5.02 Å². The lowest BCUT2D eigenvalue weighted by Crippen LogP contribution is -2.32. The summed E-state index contributed by atoms with van der Waals surface area (Å²) in [7, 11) is 0. The van der Waals surface area contributed by atoms with Gasteiger partial charge in [-0.25, -0.2) is 4.39 Å². The van der Waals surface area contributed by atoms with E-state index in [-0.39, 0.29) is 5.92 Å². The molecule has 1 fully saturated rings. The van der Waals surface area contributed by atoms with E-state index in [9.17, 15) is 9.50 Å². The number of aliphatic hydroxyl groups excluding tert-OH is 1. The van der Waals surface area contributed by atoms with Crippen molar-refractivity contribution in [3.8, 4) is 0 Å². The SMILES string of the molecule is N[C@H](c1ccc(Cl)cc1F)[C@@H](O)C1CCCC1. The van der Waals surface area contributed by atoms with Gasteiger partial charge in [0.1, 0.15) is 5.82 Å². The van der Waals surface area contributed by atoms with Crippen LogP contribution in [0.25, 0.3) is 0 Å². The van der Waals surface area contributed by atoms with Gasteiger partial charge in [-0.2, -0.15) is 0 Å². The molecule has 3 N–H and O–H groups in total. The monoisotopic (exact) mass is 257 g/mol. The van der Waals surface area contributed by atoms with Gasteiger partial charge in [0.2, 0.25) is 0 Å². The molecule has 17 heavy (non-hydrogen) atoms. The fourth-order valence-electron chi connectivity index (χ4n) is 2.55. The molecule has 0 unspecified atom stereocenters. The molecule has 0 bridgehead atoms. The first kappa shape index (κ1) is 12.8. The molecule has 1 aromatic carbocycles. The minimum atomic E-state index is -0.673. The van der Waals surface area contributed by atoms with Crippen LogP contribution in [0.1, 0.15) is 37.3 Å². The van der Waals surface area contributed by atoms with Crippen molar-refractivity contribution in [3.63, 3.8) is 0 Å². The van der Waals surface area contributed by atoms with E-state index in [0.717, 1.165) is 25.7 Å². The Bertz CT molecular complexity index is 393. The molecule has 1 aliphatic rings. The van der Waals surface area contributed by atoms with Crippen LogP contribution in [-0.4, -0.2) is 11.2 Å². The molecule has 1 aromatic rings. The normalized spacial score (nSPS) is 20.5. The van der Waals surface area contributed by atoms with Crippen LogP contribution >= 0.6 is 11.6 Å². The van der Waals surface area contributed by atoms with Crippen molar-refractivity contribution >= 4 is 11.6 Å². The number of halogens is 2. The third kappa shape index (κ3) is 2.79. The molecule has 0 saturated heterocycles. The largest absolute Gasteiger partial charge is 0.391 e. The van der Waals surface area contributed by atoms with Gasteiger partial charge in [-0.05, 0) is 30.9 Å². The van der Waals surface area contributed by atoms with Crippen molar-refractivity contribution in [1.29, 1.82) is 0 Å². The van der Waals surface area contributed by atoms with Gasteiger partial charge in [-0.3, -0.25) is 0 Å². The minimum Gasteiger partial charge on any atom is -0.391 e. The molecule has 2 atom stereocenters. The second kappa shape index (κ2) is 5.34. The minimum absolute atomic E-state index is 0.195. The molecule has 0 aliphatic heterocycles. The number of hydrogen-bond donors (Lipinski definition) is 2. The first-order valence-electron chi connectivity index (χ1n) is 5.98. The van der Waals surface area contributed by atoms with E-state index in [1.807, 2.05) is 0 Å². The average Bonchev–Trinajstić information content (AvgIpc) is 2.80. The predicted molar refractivity (Wildman–Crippen MR) is 66.3 cm³/mol. The maximum atomic E-state index is 13.7. The van der Waals surface area contributed by atoms with E-state index < -0.39 is 18.0 Å². The van der Waals surface area contributed by atoms with Gasteiger partial charge in [0.15, 0.2) is 0 Å². The maximum Gasteiger partial charge on any atom is 0.129 e. The van der Waals surface area contributed by atoms with E-state index in [4.69, 9.17) is 17.3 Å². The summed E-state index contributed by atoms with van der Waals surface area (Å²) in [6, 6.07) is 3.72. The van der Waals surface area contributed by atoms with E-state index >= 15 is 0 Å². The van der Waals surface area contributed by atoms with Crippen LogP contribution < -0.4 is 5.73 Å². The molecule has 1 aliphatic carbocycles. The Morgan fingerprint density at radius 1 is 1.35 bits per heavy atom. The molecular weight excluding hydrogens is 241 g/mol. The quantitative estimate of drug-likeness (QED) is 0.874. The van der Waals surface area contributed by atoms with Crippen molar-refractivity contribution in [2.45, 2.75) is 37.8 Å². The lowest BCUT2D eigenvalue weighted by atomic mass is 9.91. The van der Waals surface area contributed by atoms with Crippen molar-refractivity contribution in [3.05, 3.63) is 34.6 Å². The van der Waals surface area contributed by atoms with Gasteiger partial charge in [0, 0.05) is 10.6 Å². The summed E-state index contributed by atoms with van der Waals surface area (Å²) in [5.74, 6) is -0.248. The summed E-state index contributed by atoms with van der Waals surface area (Å²) in [6.07, 6.45) is 3.52. The van der Waals surface area contributed by atoms with Crippen molar-refractivity contribution in [1.82, 2.24) is 0 Å². The highest BCUT2D eigenvalue weighted by Gasteiger charge is 2.29. The van der Waals surface area contributed by atoms with Gasteiger partial charge in [0.05, 0.1) is 12.1 Å². The smallest absolute Gasteiger partial charge is 0.129 e. The van der Waals surface area contributed by atoms with E-state index in [2.05, 4.69) is 0 Å². The van der Waals surface area contributed by atoms with Crippen LogP contribution in [0.3, 0.4) is 0 Å². The fourth-order valence-corrected chi connectivity index (χ4v) is 2.71. The van der Waals surface area contributed by atoms with Gasteiger partial charge < -0.3 is 10.8 Å². The van der Waals surface area contributed by atoms with E-state index in [0.29, 0.717) is 10.6 Å². The van der Waals surface area contributed by atoms with E-state index in [1.54, 1.807) is 12.1 Å². The molecule has 2 rings (SSSR count). The molecule has 94 valence electrons. The summed E-state index contributed by atoms with van der Waals surface area (Å²) in [5.41, 5.74) is 6.28. The summed E-state index contributed by atoms with van der Waals surface area (Å²) in [5, 5.41) is 10.5. The van der Waals surface area contributed by atoms with Crippen molar-refractivity contribution in [2.24, 2.45) is 11.7 Å². The van der Waals surface area contributed by atoms with E-state index in [1.165, 1.54) is 6.07 Å². The first-order chi connectivity index (χ1) is 8.09. The lowest BCUT2D eigenvalue weighted by Gasteiger charge is -2.24. The number of aliphatic hydroxyl groups is 1. The Kier molecular flexibility index (Phi) is 4.02. The third-order valence-electron chi connectivity index (χ3n) is 3.57. The number of hydrogen-bond acceptors (Lipinski definition) is 2. The Morgan fingerprint density at radius 3 is 2.59 bits per heavy atom. The molecular formula is C13H17ClFNO. The topological polar surface area (TPSA) is 46.2 Å². The average molecular weight is 258 g/mol. The van der Waals surface area contributed by atoms with Crippen LogP contribution in [0.15, 0.2) is 18.2 Å².